The van der Waals surface area contributed by atoms with E-state index in [-0.39, 0.29) is 18.3 Å². The van der Waals surface area contributed by atoms with Crippen LogP contribution in [0.3, 0.4) is 0 Å². The van der Waals surface area contributed by atoms with Gasteiger partial charge >= 0.3 is 11.9 Å². The molecular weight excluding hydrogens is 450 g/mol. The van der Waals surface area contributed by atoms with Gasteiger partial charge in [0.1, 0.15) is 23.0 Å². The van der Waals surface area contributed by atoms with Gasteiger partial charge in [-0.3, -0.25) is 14.4 Å². The van der Waals surface area contributed by atoms with Crippen LogP contribution in [0.4, 0.5) is 0 Å². The maximum Gasteiger partial charge on any atom is 0.312 e. The van der Waals surface area contributed by atoms with Crippen molar-refractivity contribution in [3.05, 3.63) is 71.8 Å². The Labute approximate surface area is 203 Å². The van der Waals surface area contributed by atoms with Gasteiger partial charge in [-0.05, 0) is 41.8 Å². The quantitative estimate of drug-likeness (QED) is 0.328. The molecule has 0 saturated carbocycles. The zero-order chi connectivity index (χ0) is 24.6. The summed E-state index contributed by atoms with van der Waals surface area (Å²) < 4.78 is 21.7. The number of methoxy groups -OCH3 is 2. The van der Waals surface area contributed by atoms with Gasteiger partial charge in [0.25, 0.3) is 0 Å². The Balaban J connectivity index is 1.20. The van der Waals surface area contributed by atoms with Crippen molar-refractivity contribution in [2.45, 2.75) is 31.1 Å². The molecule has 2 saturated heterocycles. The second kappa shape index (κ2) is 9.19. The lowest BCUT2D eigenvalue weighted by Crippen LogP contribution is -2.39. The highest BCUT2D eigenvalue weighted by molar-refractivity contribution is 5.91. The van der Waals surface area contributed by atoms with Crippen LogP contribution in [0, 0.1) is 11.8 Å². The molecule has 0 unspecified atom stereocenters. The third-order valence-electron chi connectivity index (χ3n) is 6.93. The summed E-state index contributed by atoms with van der Waals surface area (Å²) in [6.45, 7) is 0.687. The number of carbonyl (C=O) groups is 3. The minimum absolute atomic E-state index is 0.130. The topological polar surface area (TPSA) is 91.4 Å². The number of rotatable bonds is 8. The van der Waals surface area contributed by atoms with Crippen LogP contribution in [0.5, 0.6) is 11.5 Å². The van der Waals surface area contributed by atoms with Crippen LogP contribution >= 0.6 is 0 Å². The summed E-state index contributed by atoms with van der Waals surface area (Å²) in [6, 6.07) is 14.7. The number of fused-ring (bicyclic) bond motifs is 1. The van der Waals surface area contributed by atoms with Gasteiger partial charge < -0.3 is 23.8 Å². The highest BCUT2D eigenvalue weighted by Gasteiger charge is 2.67. The Morgan fingerprint density at radius 1 is 1.09 bits per heavy atom. The molecule has 0 N–H and O–H groups in total. The number of nitrogens with zero attached hydrogens (tertiary/aromatic N) is 1. The summed E-state index contributed by atoms with van der Waals surface area (Å²) >= 11 is 0. The van der Waals surface area contributed by atoms with Crippen molar-refractivity contribution in [1.82, 2.24) is 4.90 Å². The van der Waals surface area contributed by atoms with Gasteiger partial charge in [0, 0.05) is 13.0 Å². The zero-order valence-electron chi connectivity index (χ0n) is 19.6. The number of benzene rings is 2. The molecule has 0 aliphatic carbocycles. The van der Waals surface area contributed by atoms with E-state index >= 15 is 0 Å². The number of hydrogen-bond acceptors (Lipinski definition) is 7. The molecule has 8 heteroatoms. The van der Waals surface area contributed by atoms with Crippen molar-refractivity contribution in [3.63, 3.8) is 0 Å². The Bertz CT molecular complexity index is 1170. The molecule has 2 aromatic rings. The molecule has 8 nitrogen and oxygen atoms in total. The van der Waals surface area contributed by atoms with Crippen molar-refractivity contribution in [1.29, 1.82) is 0 Å². The Hall–Kier alpha value is -3.65. The van der Waals surface area contributed by atoms with E-state index in [0.29, 0.717) is 25.3 Å². The Morgan fingerprint density at radius 2 is 1.89 bits per heavy atom. The fraction of sp³-hybridized carbons (Fsp3) is 0.370. The number of hydrogen-bond donors (Lipinski definition) is 0. The molecule has 0 radical (unpaired) electrons. The molecule has 2 bridgehead atoms. The fourth-order valence-corrected chi connectivity index (χ4v) is 5.27. The molecule has 3 aliphatic rings. The predicted octanol–water partition coefficient (Wildman–Crippen LogP) is 2.69. The van der Waals surface area contributed by atoms with E-state index in [9.17, 15) is 14.4 Å². The number of ether oxygens (including phenoxy) is 4. The van der Waals surface area contributed by atoms with Gasteiger partial charge in [0.15, 0.2) is 0 Å². The van der Waals surface area contributed by atoms with E-state index in [1.807, 2.05) is 42.5 Å². The standard InChI is InChI=1S/C27H27NO7/c1-32-19-9-6-17(7-10-19)8-11-22(29)34-20-5-3-4-18(14-20)15-28-16-27-13-12-21(35-27)23(26(31)33-2)24(27)25(28)30/h3-7,9-10,12-14,21,23-24H,8,11,15-16H2,1-2H3/t21-,23+,24+,27+/m1/s1. The number of carbonyl (C=O) groups excluding carboxylic acids is 3. The third kappa shape index (κ3) is 4.30. The summed E-state index contributed by atoms with van der Waals surface area (Å²) in [5.41, 5.74) is 1.06. The maximum atomic E-state index is 13.2. The van der Waals surface area contributed by atoms with Crippen molar-refractivity contribution in [2.75, 3.05) is 20.8 Å². The average molecular weight is 478 g/mol. The van der Waals surface area contributed by atoms with Gasteiger partial charge in [0.05, 0.1) is 32.8 Å². The van der Waals surface area contributed by atoms with Gasteiger partial charge in [-0.25, -0.2) is 0 Å². The Kier molecular flexibility index (Phi) is 6.06. The normalized spacial score (nSPS) is 26.1. The van der Waals surface area contributed by atoms with E-state index in [0.717, 1.165) is 16.9 Å². The molecule has 5 rings (SSSR count). The zero-order valence-corrected chi connectivity index (χ0v) is 19.6. The molecule has 4 atom stereocenters. The van der Waals surface area contributed by atoms with Crippen LogP contribution in [0.1, 0.15) is 17.5 Å². The van der Waals surface area contributed by atoms with Gasteiger partial charge in [-0.1, -0.05) is 36.4 Å². The van der Waals surface area contributed by atoms with Crippen molar-refractivity contribution in [3.8, 4) is 11.5 Å². The lowest BCUT2D eigenvalue weighted by atomic mass is 9.77. The second-order valence-electron chi connectivity index (χ2n) is 9.09. The summed E-state index contributed by atoms with van der Waals surface area (Å²) in [6.07, 6.45) is 4.14. The minimum Gasteiger partial charge on any atom is -0.497 e. The van der Waals surface area contributed by atoms with E-state index in [1.165, 1.54) is 7.11 Å². The lowest BCUT2D eigenvalue weighted by Gasteiger charge is -2.22. The Morgan fingerprint density at radius 3 is 2.63 bits per heavy atom. The second-order valence-corrected chi connectivity index (χ2v) is 9.09. The first kappa shape index (κ1) is 23.1. The lowest BCUT2D eigenvalue weighted by molar-refractivity contribution is -0.151. The SMILES string of the molecule is COC(=O)[C@@H]1[C@H]2C(=O)N(Cc3cccc(OC(=O)CCc4ccc(OC)cc4)c3)C[C@@]23C=C[C@H]1O3. The first-order valence-electron chi connectivity index (χ1n) is 11.6. The van der Waals surface area contributed by atoms with Crippen LogP contribution in [0.2, 0.25) is 0 Å². The monoisotopic (exact) mass is 477 g/mol. The van der Waals surface area contributed by atoms with Crippen molar-refractivity contribution < 1.29 is 33.3 Å². The van der Waals surface area contributed by atoms with Gasteiger partial charge in [0.2, 0.25) is 5.91 Å². The third-order valence-corrected chi connectivity index (χ3v) is 6.93. The summed E-state index contributed by atoms with van der Waals surface area (Å²) in [7, 11) is 2.94. The number of amides is 1. The van der Waals surface area contributed by atoms with Crippen LogP contribution in [0.25, 0.3) is 0 Å². The van der Waals surface area contributed by atoms with Crippen molar-refractivity contribution in [2.24, 2.45) is 11.8 Å². The van der Waals surface area contributed by atoms with E-state index in [1.54, 1.807) is 30.2 Å². The van der Waals surface area contributed by atoms with E-state index in [2.05, 4.69) is 0 Å². The molecule has 3 aliphatic heterocycles. The number of likely N-dealkylation sites (tertiary alicyclic amines) is 1. The molecule has 2 aromatic carbocycles. The summed E-state index contributed by atoms with van der Waals surface area (Å²) in [5.74, 6) is -0.899. The van der Waals surface area contributed by atoms with Gasteiger partial charge in [-0.2, -0.15) is 0 Å². The highest BCUT2D eigenvalue weighted by atomic mass is 16.5. The summed E-state index contributed by atoms with van der Waals surface area (Å²) in [4.78, 5) is 39.6. The number of esters is 2. The molecule has 35 heavy (non-hydrogen) atoms. The molecule has 1 spiro atoms. The first-order valence-corrected chi connectivity index (χ1v) is 11.6. The molecular formula is C27H27NO7. The predicted molar refractivity (Wildman–Crippen MR) is 125 cm³/mol. The van der Waals surface area contributed by atoms with Crippen molar-refractivity contribution >= 4 is 17.8 Å². The minimum atomic E-state index is -0.786. The highest BCUT2D eigenvalue weighted by Crippen LogP contribution is 2.52. The fourth-order valence-electron chi connectivity index (χ4n) is 5.27. The number of aryl methyl sites for hydroxylation is 1. The maximum absolute atomic E-state index is 13.2. The summed E-state index contributed by atoms with van der Waals surface area (Å²) in [5, 5.41) is 0. The molecule has 182 valence electrons. The first-order chi connectivity index (χ1) is 16.9. The van der Waals surface area contributed by atoms with E-state index < -0.39 is 29.5 Å². The average Bonchev–Trinajstić information content (AvgIpc) is 3.51. The van der Waals surface area contributed by atoms with Gasteiger partial charge in [-0.15, -0.1) is 0 Å². The van der Waals surface area contributed by atoms with Crippen LogP contribution in [-0.2, 0) is 36.8 Å². The molecule has 2 fully saturated rings. The van der Waals surface area contributed by atoms with Crippen LogP contribution < -0.4 is 9.47 Å². The smallest absolute Gasteiger partial charge is 0.312 e. The van der Waals surface area contributed by atoms with Crippen LogP contribution in [-0.4, -0.2) is 55.2 Å². The molecule has 3 heterocycles. The molecule has 0 aromatic heterocycles. The van der Waals surface area contributed by atoms with E-state index in [4.69, 9.17) is 18.9 Å². The molecule has 1 amide bonds. The largest absolute Gasteiger partial charge is 0.497 e. The van der Waals surface area contributed by atoms with Crippen LogP contribution in [0.15, 0.2) is 60.7 Å².